The number of thiazole rings is 1. The van der Waals surface area contributed by atoms with Gasteiger partial charge in [0.1, 0.15) is 5.82 Å². The van der Waals surface area contributed by atoms with Gasteiger partial charge in [0, 0.05) is 23.3 Å². The number of imidazole rings is 1. The van der Waals surface area contributed by atoms with Crippen molar-refractivity contribution in [2.45, 2.75) is 33.4 Å². The van der Waals surface area contributed by atoms with E-state index in [1.54, 1.807) is 17.5 Å². The summed E-state index contributed by atoms with van der Waals surface area (Å²) in [6, 6.07) is 0.316. The number of hydrogen-bond acceptors (Lipinski definition) is 4. The molecular formula is C11H16N4S. The van der Waals surface area contributed by atoms with E-state index < -0.39 is 0 Å². The molecule has 0 fully saturated rings. The van der Waals surface area contributed by atoms with Gasteiger partial charge < -0.3 is 10.3 Å². The lowest BCUT2D eigenvalue weighted by Crippen LogP contribution is -2.18. The van der Waals surface area contributed by atoms with E-state index in [0.29, 0.717) is 6.04 Å². The van der Waals surface area contributed by atoms with Crippen LogP contribution in [0.15, 0.2) is 12.4 Å². The van der Waals surface area contributed by atoms with Gasteiger partial charge in [0.2, 0.25) is 0 Å². The van der Waals surface area contributed by atoms with Gasteiger partial charge in [0.25, 0.3) is 0 Å². The Morgan fingerprint density at radius 3 is 2.88 bits per heavy atom. The third-order valence-corrected chi connectivity index (χ3v) is 3.72. The molecule has 16 heavy (non-hydrogen) atoms. The molecule has 0 aliphatic heterocycles. The molecule has 0 bridgehead atoms. The number of rotatable bonds is 4. The Labute approximate surface area is 99.2 Å². The van der Waals surface area contributed by atoms with Crippen LogP contribution in [0.5, 0.6) is 0 Å². The average molecular weight is 236 g/mol. The van der Waals surface area contributed by atoms with E-state index in [1.807, 2.05) is 13.1 Å². The smallest absolute Gasteiger partial charge is 0.120 e. The normalized spacial score (nSPS) is 12.9. The molecule has 2 aromatic rings. The standard InChI is InChI=1S/C11H16N4S/c1-7(11-8(2)15-9(3)16-11)14-6-10-12-4-5-13-10/h4-5,7,14H,6H2,1-3H3,(H,12,13). The number of aryl methyl sites for hydroxylation is 2. The zero-order valence-electron chi connectivity index (χ0n) is 9.74. The second kappa shape index (κ2) is 4.76. The zero-order chi connectivity index (χ0) is 11.5. The highest BCUT2D eigenvalue weighted by molar-refractivity contribution is 7.11. The molecule has 0 aromatic carbocycles. The van der Waals surface area contributed by atoms with Crippen molar-refractivity contribution in [1.82, 2.24) is 20.3 Å². The summed E-state index contributed by atoms with van der Waals surface area (Å²) < 4.78 is 0. The van der Waals surface area contributed by atoms with Gasteiger partial charge in [0.15, 0.2) is 0 Å². The largest absolute Gasteiger partial charge is 0.348 e. The maximum Gasteiger partial charge on any atom is 0.120 e. The summed E-state index contributed by atoms with van der Waals surface area (Å²) in [7, 11) is 0. The van der Waals surface area contributed by atoms with Gasteiger partial charge >= 0.3 is 0 Å². The Morgan fingerprint density at radius 2 is 2.31 bits per heavy atom. The van der Waals surface area contributed by atoms with Crippen molar-refractivity contribution in [1.29, 1.82) is 0 Å². The minimum absolute atomic E-state index is 0.316. The van der Waals surface area contributed by atoms with Crippen LogP contribution in [0, 0.1) is 13.8 Å². The van der Waals surface area contributed by atoms with Crippen LogP contribution in [0.1, 0.15) is 34.4 Å². The van der Waals surface area contributed by atoms with Gasteiger partial charge in [-0.05, 0) is 20.8 Å². The lowest BCUT2D eigenvalue weighted by Gasteiger charge is -2.11. The summed E-state index contributed by atoms with van der Waals surface area (Å²) in [5, 5.41) is 4.56. The molecule has 0 aliphatic rings. The second-order valence-electron chi connectivity index (χ2n) is 3.82. The molecule has 5 heteroatoms. The highest BCUT2D eigenvalue weighted by atomic mass is 32.1. The van der Waals surface area contributed by atoms with Crippen molar-refractivity contribution in [3.63, 3.8) is 0 Å². The number of nitrogens with one attached hydrogen (secondary N) is 2. The molecule has 0 spiro atoms. The van der Waals surface area contributed by atoms with Gasteiger partial charge in [-0.25, -0.2) is 9.97 Å². The van der Waals surface area contributed by atoms with Crippen LogP contribution in [0.2, 0.25) is 0 Å². The summed E-state index contributed by atoms with van der Waals surface area (Å²) in [4.78, 5) is 13.0. The Bertz CT molecular complexity index is 447. The average Bonchev–Trinajstić information content (AvgIpc) is 2.84. The highest BCUT2D eigenvalue weighted by Gasteiger charge is 2.12. The van der Waals surface area contributed by atoms with Gasteiger partial charge in [-0.1, -0.05) is 0 Å². The Morgan fingerprint density at radius 1 is 1.50 bits per heavy atom. The first-order valence-corrected chi connectivity index (χ1v) is 6.14. The van der Waals surface area contributed by atoms with E-state index >= 15 is 0 Å². The summed E-state index contributed by atoms with van der Waals surface area (Å²) >= 11 is 1.76. The lowest BCUT2D eigenvalue weighted by molar-refractivity contribution is 0.566. The third kappa shape index (κ3) is 2.48. The molecule has 2 N–H and O–H groups in total. The molecular weight excluding hydrogens is 220 g/mol. The van der Waals surface area contributed by atoms with Crippen LogP contribution >= 0.6 is 11.3 Å². The van der Waals surface area contributed by atoms with Crippen molar-refractivity contribution in [2.24, 2.45) is 0 Å². The Hall–Kier alpha value is -1.20. The summed E-state index contributed by atoms with van der Waals surface area (Å²) in [5.41, 5.74) is 1.13. The van der Waals surface area contributed by atoms with Gasteiger partial charge in [-0.2, -0.15) is 0 Å². The minimum Gasteiger partial charge on any atom is -0.348 e. The molecule has 4 nitrogen and oxygen atoms in total. The van der Waals surface area contributed by atoms with E-state index in [4.69, 9.17) is 0 Å². The van der Waals surface area contributed by atoms with Crippen LogP contribution in [0.4, 0.5) is 0 Å². The molecule has 2 rings (SSSR count). The van der Waals surface area contributed by atoms with Crippen LogP contribution in [-0.4, -0.2) is 15.0 Å². The molecule has 1 unspecified atom stereocenters. The quantitative estimate of drug-likeness (QED) is 0.856. The number of aromatic amines is 1. The SMILES string of the molecule is Cc1nc(C)c(C(C)NCc2ncc[nH]2)s1. The molecule has 2 heterocycles. The molecule has 0 saturated heterocycles. The first kappa shape index (κ1) is 11.3. The van der Waals surface area contributed by atoms with E-state index in [0.717, 1.165) is 23.1 Å². The van der Waals surface area contributed by atoms with Gasteiger partial charge in [-0.15, -0.1) is 11.3 Å². The van der Waals surface area contributed by atoms with E-state index in [9.17, 15) is 0 Å². The first-order valence-electron chi connectivity index (χ1n) is 5.32. The number of hydrogen-bond donors (Lipinski definition) is 2. The summed E-state index contributed by atoms with van der Waals surface area (Å²) in [5.74, 6) is 0.964. The maximum absolute atomic E-state index is 4.43. The van der Waals surface area contributed by atoms with Crippen molar-refractivity contribution >= 4 is 11.3 Å². The molecule has 86 valence electrons. The molecule has 0 radical (unpaired) electrons. The van der Waals surface area contributed by atoms with Crippen molar-refractivity contribution in [3.05, 3.63) is 33.8 Å². The van der Waals surface area contributed by atoms with E-state index in [2.05, 4.69) is 34.1 Å². The molecule has 1 atom stereocenters. The fourth-order valence-corrected chi connectivity index (χ4v) is 2.64. The first-order chi connectivity index (χ1) is 7.66. The molecule has 0 amide bonds. The fraction of sp³-hybridized carbons (Fsp3) is 0.455. The zero-order valence-corrected chi connectivity index (χ0v) is 10.6. The van der Waals surface area contributed by atoms with Crippen molar-refractivity contribution in [2.75, 3.05) is 0 Å². The van der Waals surface area contributed by atoms with Gasteiger partial charge in [0.05, 0.1) is 17.2 Å². The molecule has 0 saturated carbocycles. The molecule has 0 aliphatic carbocycles. The number of H-pyrrole nitrogens is 1. The van der Waals surface area contributed by atoms with Crippen molar-refractivity contribution in [3.8, 4) is 0 Å². The van der Waals surface area contributed by atoms with Crippen LogP contribution in [0.25, 0.3) is 0 Å². The second-order valence-corrected chi connectivity index (χ2v) is 5.06. The predicted octanol–water partition coefficient (Wildman–Crippen LogP) is 2.33. The highest BCUT2D eigenvalue weighted by Crippen LogP contribution is 2.24. The lowest BCUT2D eigenvalue weighted by atomic mass is 10.2. The fourth-order valence-electron chi connectivity index (χ4n) is 1.69. The Kier molecular flexibility index (Phi) is 3.36. The van der Waals surface area contributed by atoms with E-state index in [-0.39, 0.29) is 0 Å². The van der Waals surface area contributed by atoms with Gasteiger partial charge in [-0.3, -0.25) is 0 Å². The third-order valence-electron chi connectivity index (χ3n) is 2.46. The topological polar surface area (TPSA) is 53.6 Å². The Balaban J connectivity index is 1.98. The summed E-state index contributed by atoms with van der Waals surface area (Å²) in [6.07, 6.45) is 3.60. The number of aromatic nitrogens is 3. The number of nitrogens with zero attached hydrogens (tertiary/aromatic N) is 2. The van der Waals surface area contributed by atoms with Crippen LogP contribution in [-0.2, 0) is 6.54 Å². The minimum atomic E-state index is 0.316. The predicted molar refractivity (Wildman–Crippen MR) is 65.4 cm³/mol. The van der Waals surface area contributed by atoms with Crippen LogP contribution < -0.4 is 5.32 Å². The monoisotopic (exact) mass is 236 g/mol. The maximum atomic E-state index is 4.43. The van der Waals surface area contributed by atoms with Crippen LogP contribution in [0.3, 0.4) is 0 Å². The molecule has 2 aromatic heterocycles. The van der Waals surface area contributed by atoms with Crippen molar-refractivity contribution < 1.29 is 0 Å². The van der Waals surface area contributed by atoms with E-state index in [1.165, 1.54) is 4.88 Å². The summed E-state index contributed by atoms with van der Waals surface area (Å²) in [6.45, 7) is 7.01.